The average molecular weight is 205 g/mol. The Morgan fingerprint density at radius 3 is 2.50 bits per heavy atom. The van der Waals surface area contributed by atoms with Gasteiger partial charge in [-0.25, -0.2) is 0 Å². The molecular formula is C10H14F3N. The summed E-state index contributed by atoms with van der Waals surface area (Å²) in [6, 6.07) is -0.528. The molecule has 3 atom stereocenters. The minimum Gasteiger partial charge on any atom is -0.317 e. The first-order chi connectivity index (χ1) is 6.45. The van der Waals surface area contributed by atoms with Crippen LogP contribution in [0.4, 0.5) is 13.2 Å². The fourth-order valence-corrected chi connectivity index (χ4v) is 1.99. The third-order valence-corrected chi connectivity index (χ3v) is 2.88. The van der Waals surface area contributed by atoms with Crippen LogP contribution < -0.4 is 5.73 Å². The number of hydrogen-bond acceptors (Lipinski definition) is 1. The number of hydrogen-bond donors (Lipinski definition) is 1. The predicted molar refractivity (Wildman–Crippen MR) is 48.3 cm³/mol. The molecule has 1 nitrogen and oxygen atoms in total. The van der Waals surface area contributed by atoms with Crippen LogP contribution in [0.15, 0.2) is 0 Å². The van der Waals surface area contributed by atoms with Crippen molar-refractivity contribution in [2.75, 3.05) is 0 Å². The standard InChI is InChI=1S/C10H14F3N/c1-2-9(14)7-4-3-5-8(6-7)10(11,12)13/h1,7-9H,3-6,14H2. The molecule has 14 heavy (non-hydrogen) atoms. The molecule has 1 saturated carbocycles. The normalized spacial score (nSPS) is 30.8. The quantitative estimate of drug-likeness (QED) is 0.653. The van der Waals surface area contributed by atoms with Crippen molar-refractivity contribution in [3.8, 4) is 12.3 Å². The summed E-state index contributed by atoms with van der Waals surface area (Å²) < 4.78 is 37.2. The lowest BCUT2D eigenvalue weighted by Crippen LogP contribution is -2.36. The van der Waals surface area contributed by atoms with Gasteiger partial charge in [-0.05, 0) is 25.2 Å². The third kappa shape index (κ3) is 2.65. The van der Waals surface area contributed by atoms with Crippen LogP contribution in [0.1, 0.15) is 25.7 Å². The molecule has 0 bridgehead atoms. The zero-order valence-corrected chi connectivity index (χ0v) is 7.85. The Bertz CT molecular complexity index is 229. The Balaban J connectivity index is 2.57. The molecule has 1 rings (SSSR count). The predicted octanol–water partition coefficient (Wildman–Crippen LogP) is 2.32. The van der Waals surface area contributed by atoms with Gasteiger partial charge in [-0.15, -0.1) is 6.42 Å². The van der Waals surface area contributed by atoms with Gasteiger partial charge in [0, 0.05) is 0 Å². The van der Waals surface area contributed by atoms with Crippen molar-refractivity contribution in [2.24, 2.45) is 17.6 Å². The molecule has 1 aliphatic rings. The summed E-state index contributed by atoms with van der Waals surface area (Å²) >= 11 is 0. The van der Waals surface area contributed by atoms with E-state index in [0.717, 1.165) is 6.42 Å². The molecule has 0 spiro atoms. The number of terminal acetylenes is 1. The highest BCUT2D eigenvalue weighted by molar-refractivity contribution is 5.01. The molecule has 0 aromatic heterocycles. The van der Waals surface area contributed by atoms with E-state index in [9.17, 15) is 13.2 Å². The molecule has 0 heterocycles. The van der Waals surface area contributed by atoms with E-state index in [1.807, 2.05) is 0 Å². The second-order valence-corrected chi connectivity index (χ2v) is 3.86. The smallest absolute Gasteiger partial charge is 0.317 e. The summed E-state index contributed by atoms with van der Waals surface area (Å²) in [6.45, 7) is 0. The van der Waals surface area contributed by atoms with Gasteiger partial charge in [0.1, 0.15) is 0 Å². The maximum atomic E-state index is 12.4. The van der Waals surface area contributed by atoms with Gasteiger partial charge in [-0.1, -0.05) is 12.3 Å². The first-order valence-electron chi connectivity index (χ1n) is 4.73. The van der Waals surface area contributed by atoms with Gasteiger partial charge >= 0.3 is 6.18 Å². The van der Waals surface area contributed by atoms with E-state index < -0.39 is 18.1 Å². The van der Waals surface area contributed by atoms with Crippen LogP contribution in [-0.2, 0) is 0 Å². The Hall–Kier alpha value is -0.690. The van der Waals surface area contributed by atoms with Crippen molar-refractivity contribution < 1.29 is 13.2 Å². The summed E-state index contributed by atoms with van der Waals surface area (Å²) in [5.41, 5.74) is 5.55. The average Bonchev–Trinajstić information content (AvgIpc) is 2.15. The van der Waals surface area contributed by atoms with E-state index in [0.29, 0.717) is 6.42 Å². The Labute approximate surface area is 81.9 Å². The summed E-state index contributed by atoms with van der Waals surface area (Å²) in [4.78, 5) is 0. The summed E-state index contributed by atoms with van der Waals surface area (Å²) in [6.07, 6.45) is 2.62. The lowest BCUT2D eigenvalue weighted by molar-refractivity contribution is -0.185. The molecular weight excluding hydrogens is 191 g/mol. The highest BCUT2D eigenvalue weighted by atomic mass is 19.4. The maximum absolute atomic E-state index is 12.4. The molecule has 0 aromatic carbocycles. The molecule has 1 aliphatic carbocycles. The highest BCUT2D eigenvalue weighted by Crippen LogP contribution is 2.40. The van der Waals surface area contributed by atoms with Crippen molar-refractivity contribution in [1.29, 1.82) is 0 Å². The van der Waals surface area contributed by atoms with Crippen LogP contribution in [0.3, 0.4) is 0 Å². The summed E-state index contributed by atoms with van der Waals surface area (Å²) in [5.74, 6) is 0.943. The molecule has 1 fully saturated rings. The molecule has 0 radical (unpaired) electrons. The van der Waals surface area contributed by atoms with Crippen molar-refractivity contribution >= 4 is 0 Å². The molecule has 80 valence electrons. The van der Waals surface area contributed by atoms with Crippen LogP contribution in [0, 0.1) is 24.2 Å². The number of halogens is 3. The Morgan fingerprint density at radius 1 is 1.36 bits per heavy atom. The molecule has 4 heteroatoms. The number of nitrogens with two attached hydrogens (primary N) is 1. The van der Waals surface area contributed by atoms with Crippen LogP contribution in [-0.4, -0.2) is 12.2 Å². The van der Waals surface area contributed by atoms with E-state index in [-0.39, 0.29) is 18.8 Å². The van der Waals surface area contributed by atoms with Gasteiger partial charge in [0.25, 0.3) is 0 Å². The summed E-state index contributed by atoms with van der Waals surface area (Å²) in [5, 5.41) is 0. The van der Waals surface area contributed by atoms with Crippen molar-refractivity contribution in [3.05, 3.63) is 0 Å². The first kappa shape index (κ1) is 11.4. The third-order valence-electron chi connectivity index (χ3n) is 2.88. The minimum atomic E-state index is -4.09. The van der Waals surface area contributed by atoms with Crippen LogP contribution in [0.5, 0.6) is 0 Å². The fourth-order valence-electron chi connectivity index (χ4n) is 1.99. The molecule has 0 aliphatic heterocycles. The van der Waals surface area contributed by atoms with Crippen LogP contribution >= 0.6 is 0 Å². The number of alkyl halides is 3. The number of rotatable bonds is 1. The van der Waals surface area contributed by atoms with Gasteiger partial charge in [-0.3, -0.25) is 0 Å². The molecule has 0 amide bonds. The molecule has 2 N–H and O–H groups in total. The van der Waals surface area contributed by atoms with Crippen molar-refractivity contribution in [2.45, 2.75) is 37.9 Å². The maximum Gasteiger partial charge on any atom is 0.391 e. The van der Waals surface area contributed by atoms with E-state index in [4.69, 9.17) is 12.2 Å². The zero-order valence-electron chi connectivity index (χ0n) is 7.85. The molecule has 0 saturated heterocycles. The van der Waals surface area contributed by atoms with Crippen LogP contribution in [0.2, 0.25) is 0 Å². The van der Waals surface area contributed by atoms with Gasteiger partial charge < -0.3 is 5.73 Å². The van der Waals surface area contributed by atoms with E-state index in [1.54, 1.807) is 0 Å². The second-order valence-electron chi connectivity index (χ2n) is 3.86. The van der Waals surface area contributed by atoms with Gasteiger partial charge in [0.2, 0.25) is 0 Å². The highest BCUT2D eigenvalue weighted by Gasteiger charge is 2.42. The fraction of sp³-hybridized carbons (Fsp3) is 0.800. The van der Waals surface area contributed by atoms with Crippen molar-refractivity contribution in [3.63, 3.8) is 0 Å². The van der Waals surface area contributed by atoms with Gasteiger partial charge in [0.15, 0.2) is 0 Å². The SMILES string of the molecule is C#CC(N)C1CCCC(C(F)(F)F)C1. The van der Waals surface area contributed by atoms with E-state index in [1.165, 1.54) is 0 Å². The van der Waals surface area contributed by atoms with Crippen LogP contribution in [0.25, 0.3) is 0 Å². The molecule has 3 unspecified atom stereocenters. The van der Waals surface area contributed by atoms with Crippen molar-refractivity contribution in [1.82, 2.24) is 0 Å². The zero-order chi connectivity index (χ0) is 10.8. The lowest BCUT2D eigenvalue weighted by Gasteiger charge is -2.31. The van der Waals surface area contributed by atoms with Gasteiger partial charge in [0.05, 0.1) is 12.0 Å². The largest absolute Gasteiger partial charge is 0.391 e. The Kier molecular flexibility index (Phi) is 3.43. The summed E-state index contributed by atoms with van der Waals surface area (Å²) in [7, 11) is 0. The monoisotopic (exact) mass is 205 g/mol. The lowest BCUT2D eigenvalue weighted by atomic mass is 9.78. The topological polar surface area (TPSA) is 26.0 Å². The minimum absolute atomic E-state index is 0.0921. The van der Waals surface area contributed by atoms with Gasteiger partial charge in [-0.2, -0.15) is 13.2 Å². The van der Waals surface area contributed by atoms with E-state index >= 15 is 0 Å². The van der Waals surface area contributed by atoms with E-state index in [2.05, 4.69) is 5.92 Å². The molecule has 0 aromatic rings. The first-order valence-corrected chi connectivity index (χ1v) is 4.73. The second kappa shape index (κ2) is 4.22. The Morgan fingerprint density at radius 2 is 2.00 bits per heavy atom.